The molecule has 5 rings (SSSR count). The second-order valence-corrected chi connectivity index (χ2v) is 9.79. The monoisotopic (exact) mass is 483 g/mol. The third-order valence-electron chi connectivity index (χ3n) is 7.07. The summed E-state index contributed by atoms with van der Waals surface area (Å²) in [5.74, 6) is 0.951. The molecule has 0 saturated carbocycles. The molecule has 180 valence electrons. The number of piperidine rings is 1. The van der Waals surface area contributed by atoms with Gasteiger partial charge in [0.1, 0.15) is 5.82 Å². The summed E-state index contributed by atoms with van der Waals surface area (Å²) in [4.78, 5) is 41.6. The van der Waals surface area contributed by atoms with Gasteiger partial charge in [0.25, 0.3) is 0 Å². The third kappa shape index (κ3) is 4.47. The summed E-state index contributed by atoms with van der Waals surface area (Å²) >= 11 is 6.10. The number of fused-ring (bicyclic) bond motifs is 1. The fourth-order valence-electron chi connectivity index (χ4n) is 4.96. The summed E-state index contributed by atoms with van der Waals surface area (Å²) in [6.07, 6.45) is 4.97. The van der Waals surface area contributed by atoms with Crippen LogP contribution in [0, 0.1) is 0 Å². The van der Waals surface area contributed by atoms with Gasteiger partial charge in [-0.15, -0.1) is 0 Å². The molecule has 3 aromatic rings. The molecular formula is C24H30ClN7O2. The molecule has 2 saturated heterocycles. The molecule has 0 aromatic carbocycles. The van der Waals surface area contributed by atoms with Gasteiger partial charge < -0.3 is 14.4 Å². The number of anilines is 1. The second-order valence-electron chi connectivity index (χ2n) is 9.36. The Balaban J connectivity index is 1.29. The molecule has 0 atom stereocenters. The van der Waals surface area contributed by atoms with Crippen molar-refractivity contribution in [3.8, 4) is 0 Å². The molecule has 0 spiro atoms. The normalized spacial score (nSPS) is 18.6. The maximum absolute atomic E-state index is 12.9. The Kier molecular flexibility index (Phi) is 6.42. The lowest BCUT2D eigenvalue weighted by Crippen LogP contribution is -2.45. The molecule has 5 heterocycles. The predicted octanol–water partition coefficient (Wildman–Crippen LogP) is 1.73. The van der Waals surface area contributed by atoms with Crippen LogP contribution in [0.4, 0.5) is 5.82 Å². The van der Waals surface area contributed by atoms with E-state index in [4.69, 9.17) is 16.6 Å². The van der Waals surface area contributed by atoms with Gasteiger partial charge in [0.2, 0.25) is 0 Å². The van der Waals surface area contributed by atoms with Gasteiger partial charge in [0.05, 0.1) is 10.5 Å². The molecule has 0 radical (unpaired) electrons. The number of rotatable bonds is 4. The maximum Gasteiger partial charge on any atom is 0.318 e. The van der Waals surface area contributed by atoms with E-state index in [9.17, 15) is 9.59 Å². The number of nitrogens with zero attached hydrogens (tertiary/aromatic N) is 7. The smallest absolute Gasteiger partial charge is 0.318 e. The molecule has 0 N–H and O–H groups in total. The van der Waals surface area contributed by atoms with Crippen LogP contribution in [-0.4, -0.2) is 75.2 Å². The predicted molar refractivity (Wildman–Crippen MR) is 134 cm³/mol. The van der Waals surface area contributed by atoms with Crippen molar-refractivity contribution in [2.75, 3.05) is 51.2 Å². The van der Waals surface area contributed by atoms with Crippen molar-refractivity contribution in [3.05, 3.63) is 61.9 Å². The lowest BCUT2D eigenvalue weighted by molar-refractivity contribution is 0.148. The van der Waals surface area contributed by atoms with Crippen LogP contribution in [0.5, 0.6) is 0 Å². The molecule has 2 fully saturated rings. The van der Waals surface area contributed by atoms with Crippen LogP contribution in [0.3, 0.4) is 0 Å². The van der Waals surface area contributed by atoms with Crippen LogP contribution >= 0.6 is 11.6 Å². The van der Waals surface area contributed by atoms with Gasteiger partial charge in [-0.1, -0.05) is 17.7 Å². The van der Waals surface area contributed by atoms with Gasteiger partial charge in [-0.25, -0.2) is 9.97 Å². The van der Waals surface area contributed by atoms with E-state index in [2.05, 4.69) is 38.9 Å². The zero-order chi connectivity index (χ0) is 23.8. The van der Waals surface area contributed by atoms with Gasteiger partial charge in [-0.05, 0) is 37.6 Å². The van der Waals surface area contributed by atoms with Crippen molar-refractivity contribution in [2.24, 2.45) is 7.05 Å². The van der Waals surface area contributed by atoms with Crippen LogP contribution in [-0.2, 0) is 13.6 Å². The summed E-state index contributed by atoms with van der Waals surface area (Å²) in [5.41, 5.74) is 1.20. The van der Waals surface area contributed by atoms with Crippen molar-refractivity contribution in [1.29, 1.82) is 0 Å². The molecule has 34 heavy (non-hydrogen) atoms. The molecule has 0 amide bonds. The summed E-state index contributed by atoms with van der Waals surface area (Å²) in [7, 11) is 3.75. The highest BCUT2D eigenvalue weighted by Gasteiger charge is 2.26. The molecule has 9 nitrogen and oxygen atoms in total. The minimum Gasteiger partial charge on any atom is -0.356 e. The standard InChI is InChI=1S/C24H30ClN7O2/c1-28-9-11-30(12-10-28)16-17-3-4-21(26-14-17)31-7-5-19(6-8-31)32-22-20(13-18(25)15-27-22)29(2)23(33)24(32)34/h3-4,13-15,19H,5-12,16H2,1-2H3. The zero-order valence-corrected chi connectivity index (χ0v) is 20.4. The first-order chi connectivity index (χ1) is 16.4. The number of piperazine rings is 1. The quantitative estimate of drug-likeness (QED) is 0.523. The average molecular weight is 484 g/mol. The highest BCUT2D eigenvalue weighted by atomic mass is 35.5. The lowest BCUT2D eigenvalue weighted by Gasteiger charge is -2.34. The van der Waals surface area contributed by atoms with Crippen molar-refractivity contribution in [2.45, 2.75) is 25.4 Å². The van der Waals surface area contributed by atoms with Crippen LogP contribution in [0.1, 0.15) is 24.4 Å². The summed E-state index contributed by atoms with van der Waals surface area (Å²) in [6.45, 7) is 6.83. The maximum atomic E-state index is 12.9. The van der Waals surface area contributed by atoms with E-state index in [1.165, 1.54) is 16.3 Å². The Morgan fingerprint density at radius 1 is 0.941 bits per heavy atom. The van der Waals surface area contributed by atoms with Crippen LogP contribution in [0.25, 0.3) is 11.2 Å². The first-order valence-electron chi connectivity index (χ1n) is 11.8. The second kappa shape index (κ2) is 9.48. The molecule has 3 aromatic heterocycles. The van der Waals surface area contributed by atoms with E-state index in [0.717, 1.165) is 64.5 Å². The van der Waals surface area contributed by atoms with Gasteiger partial charge in [0, 0.05) is 71.3 Å². The van der Waals surface area contributed by atoms with E-state index >= 15 is 0 Å². The first kappa shape index (κ1) is 23.0. The Bertz CT molecular complexity index is 1290. The van der Waals surface area contributed by atoms with E-state index in [1.54, 1.807) is 17.7 Å². The highest BCUT2D eigenvalue weighted by Crippen LogP contribution is 2.27. The van der Waals surface area contributed by atoms with Crippen molar-refractivity contribution >= 4 is 28.6 Å². The molecule has 2 aliphatic heterocycles. The first-order valence-corrected chi connectivity index (χ1v) is 12.2. The van der Waals surface area contributed by atoms with Crippen LogP contribution in [0.2, 0.25) is 5.02 Å². The van der Waals surface area contributed by atoms with E-state index in [0.29, 0.717) is 16.2 Å². The van der Waals surface area contributed by atoms with Gasteiger partial charge in [-0.3, -0.25) is 19.1 Å². The van der Waals surface area contributed by atoms with Crippen molar-refractivity contribution < 1.29 is 0 Å². The summed E-state index contributed by atoms with van der Waals surface area (Å²) in [6, 6.07) is 5.85. The Morgan fingerprint density at radius 2 is 1.68 bits per heavy atom. The SMILES string of the molecule is CN1CCN(Cc2ccc(N3CCC(n4c(=O)c(=O)n(C)c5cc(Cl)cnc54)CC3)nc2)CC1. The number of aromatic nitrogens is 4. The average Bonchev–Trinajstić information content (AvgIpc) is 2.85. The van der Waals surface area contributed by atoms with Crippen LogP contribution in [0.15, 0.2) is 40.2 Å². The van der Waals surface area contributed by atoms with Crippen LogP contribution < -0.4 is 16.0 Å². The topological polar surface area (TPSA) is 79.5 Å². The molecule has 2 aliphatic rings. The van der Waals surface area contributed by atoms with Crippen molar-refractivity contribution in [3.63, 3.8) is 0 Å². The Morgan fingerprint density at radius 3 is 2.35 bits per heavy atom. The van der Waals surface area contributed by atoms with Gasteiger partial charge in [-0.2, -0.15) is 0 Å². The number of halogens is 1. The summed E-state index contributed by atoms with van der Waals surface area (Å²) in [5, 5.41) is 0.435. The van der Waals surface area contributed by atoms with E-state index < -0.39 is 11.1 Å². The fourth-order valence-corrected chi connectivity index (χ4v) is 5.11. The Labute approximate surface area is 203 Å². The fraction of sp³-hybridized carbons (Fsp3) is 0.500. The minimum absolute atomic E-state index is 0.0923. The molecule has 0 aliphatic carbocycles. The zero-order valence-electron chi connectivity index (χ0n) is 19.7. The summed E-state index contributed by atoms with van der Waals surface area (Å²) < 4.78 is 2.90. The highest BCUT2D eigenvalue weighted by molar-refractivity contribution is 6.31. The van der Waals surface area contributed by atoms with E-state index in [1.807, 2.05) is 6.20 Å². The number of hydrogen-bond acceptors (Lipinski definition) is 7. The number of likely N-dealkylation sites (N-methyl/N-ethyl adjacent to an activating group) is 1. The third-order valence-corrected chi connectivity index (χ3v) is 7.28. The molecular weight excluding hydrogens is 454 g/mol. The van der Waals surface area contributed by atoms with E-state index in [-0.39, 0.29) is 6.04 Å². The molecule has 0 bridgehead atoms. The molecule has 0 unspecified atom stereocenters. The molecule has 10 heteroatoms. The van der Waals surface area contributed by atoms with Gasteiger partial charge in [0.15, 0.2) is 5.65 Å². The minimum atomic E-state index is -0.559. The number of aryl methyl sites for hydroxylation is 1. The number of pyridine rings is 2. The number of hydrogen-bond donors (Lipinski definition) is 0. The Hall–Kier alpha value is -2.75. The lowest BCUT2D eigenvalue weighted by atomic mass is 10.0. The van der Waals surface area contributed by atoms with Gasteiger partial charge >= 0.3 is 11.1 Å². The largest absolute Gasteiger partial charge is 0.356 e. The van der Waals surface area contributed by atoms with Crippen molar-refractivity contribution in [1.82, 2.24) is 28.9 Å².